The van der Waals surface area contributed by atoms with Crippen LogP contribution in [-0.2, 0) is 0 Å². The summed E-state index contributed by atoms with van der Waals surface area (Å²) in [5.41, 5.74) is 0.779. The van der Waals surface area contributed by atoms with Crippen molar-refractivity contribution in [3.63, 3.8) is 0 Å². The van der Waals surface area contributed by atoms with Gasteiger partial charge >= 0.3 is 0 Å². The van der Waals surface area contributed by atoms with E-state index in [1.54, 1.807) is 13.0 Å². The van der Waals surface area contributed by atoms with Crippen molar-refractivity contribution >= 4 is 23.0 Å². The van der Waals surface area contributed by atoms with Crippen LogP contribution in [0.2, 0.25) is 0 Å². The highest BCUT2D eigenvalue weighted by molar-refractivity contribution is 7.80. The van der Waals surface area contributed by atoms with Crippen LogP contribution < -0.4 is 4.74 Å². The Hall–Kier alpha value is -1.46. The Labute approximate surface area is 136 Å². The third-order valence-corrected chi connectivity index (χ3v) is 5.00. The molecule has 0 unspecified atom stereocenters. The third kappa shape index (κ3) is 2.42. The Bertz CT molecular complexity index is 641. The topological polar surface area (TPSA) is 49.8 Å². The lowest BCUT2D eigenvalue weighted by Gasteiger charge is -2.46. The second-order valence-electron chi connectivity index (χ2n) is 6.59. The summed E-state index contributed by atoms with van der Waals surface area (Å²) in [5, 5.41) is 10.8. The van der Waals surface area contributed by atoms with Crippen LogP contribution in [0.5, 0.6) is 5.75 Å². The zero-order chi connectivity index (χ0) is 16.1. The highest BCUT2D eigenvalue weighted by Crippen LogP contribution is 2.44. The summed E-state index contributed by atoms with van der Waals surface area (Å²) in [7, 11) is 0. The van der Waals surface area contributed by atoms with E-state index < -0.39 is 11.7 Å². The van der Waals surface area contributed by atoms with Crippen molar-refractivity contribution in [2.24, 2.45) is 0 Å². The minimum atomic E-state index is -0.710. The molecule has 2 aliphatic rings. The van der Waals surface area contributed by atoms with E-state index >= 15 is 0 Å². The third-order valence-electron chi connectivity index (χ3n) is 4.57. The first kappa shape index (κ1) is 15.4. The molecule has 5 heteroatoms. The summed E-state index contributed by atoms with van der Waals surface area (Å²) in [6.07, 6.45) is 1.17. The zero-order valence-electron chi connectivity index (χ0n) is 13.1. The number of carbonyl (C=O) groups excluding carboxylic acids is 1. The molecule has 3 rings (SSSR count). The van der Waals surface area contributed by atoms with Gasteiger partial charge in [-0.15, -0.1) is 0 Å². The average Bonchev–Trinajstić information content (AvgIpc) is 2.85. The van der Waals surface area contributed by atoms with Crippen molar-refractivity contribution in [1.29, 1.82) is 0 Å². The fourth-order valence-corrected chi connectivity index (χ4v) is 3.64. The number of benzene rings is 1. The minimum absolute atomic E-state index is 0.00451. The number of nitrogens with zero attached hydrogens (tertiary/aromatic N) is 1. The normalized spacial score (nSPS) is 26.5. The van der Waals surface area contributed by atoms with Crippen molar-refractivity contribution in [3.8, 4) is 5.75 Å². The number of aliphatic hydroxyl groups excluding tert-OH is 1. The van der Waals surface area contributed by atoms with Crippen LogP contribution in [0.4, 0.5) is 0 Å². The molecule has 1 N–H and O–H groups in total. The Morgan fingerprint density at radius 1 is 1.45 bits per heavy atom. The first-order valence-corrected chi connectivity index (χ1v) is 8.03. The van der Waals surface area contributed by atoms with Gasteiger partial charge in [0.15, 0.2) is 5.78 Å². The molecule has 118 valence electrons. The molecule has 0 aromatic heterocycles. The number of Topliss-reactive ketones (excluding diaryl/α,β-unsaturated/α-hetero) is 1. The van der Waals surface area contributed by atoms with Gasteiger partial charge in [0.1, 0.15) is 17.5 Å². The smallest absolute Gasteiger partial charge is 0.159 e. The molecule has 0 bridgehead atoms. The van der Waals surface area contributed by atoms with Gasteiger partial charge in [-0.3, -0.25) is 4.79 Å². The maximum atomic E-state index is 11.7. The molecular weight excluding hydrogens is 298 g/mol. The van der Waals surface area contributed by atoms with Gasteiger partial charge < -0.3 is 14.7 Å². The maximum absolute atomic E-state index is 11.7. The molecule has 0 amide bonds. The molecule has 2 heterocycles. The number of carbonyl (C=O) groups is 1. The second-order valence-corrected chi connectivity index (χ2v) is 7.07. The van der Waals surface area contributed by atoms with E-state index in [4.69, 9.17) is 17.0 Å². The van der Waals surface area contributed by atoms with E-state index in [1.807, 2.05) is 26.0 Å². The lowest BCUT2D eigenvalue weighted by atomic mass is 9.85. The molecule has 1 aromatic carbocycles. The Balaban J connectivity index is 2.12. The molecular formula is C17H21NO3S. The van der Waals surface area contributed by atoms with Gasteiger partial charge in [0.05, 0.1) is 11.0 Å². The van der Waals surface area contributed by atoms with Crippen molar-refractivity contribution in [1.82, 2.24) is 4.90 Å². The first-order chi connectivity index (χ1) is 10.3. The Morgan fingerprint density at radius 3 is 2.77 bits per heavy atom. The summed E-state index contributed by atoms with van der Waals surface area (Å²) >= 11 is 5.47. The molecule has 22 heavy (non-hydrogen) atoms. The zero-order valence-corrected chi connectivity index (χ0v) is 13.9. The Kier molecular flexibility index (Phi) is 3.73. The monoisotopic (exact) mass is 319 g/mol. The van der Waals surface area contributed by atoms with Gasteiger partial charge in [-0.25, -0.2) is 0 Å². The SMILES string of the molecule is CC(=O)c1ccc2c(c1)[C@H](N1CCCC1=S)[C@@H](O)C(C)(C)O2. The summed E-state index contributed by atoms with van der Waals surface area (Å²) in [4.78, 5) is 14.7. The summed E-state index contributed by atoms with van der Waals surface area (Å²) in [5.74, 6) is 0.727. The molecule has 1 aromatic rings. The lowest BCUT2D eigenvalue weighted by Crippen LogP contribution is -2.53. The van der Waals surface area contributed by atoms with E-state index in [9.17, 15) is 9.90 Å². The van der Waals surface area contributed by atoms with Crippen LogP contribution in [0.15, 0.2) is 18.2 Å². The van der Waals surface area contributed by atoms with Gasteiger partial charge in [0.2, 0.25) is 0 Å². The number of hydrogen-bond acceptors (Lipinski definition) is 4. The van der Waals surface area contributed by atoms with Gasteiger partial charge in [-0.05, 0) is 51.8 Å². The largest absolute Gasteiger partial charge is 0.485 e. The number of fused-ring (bicyclic) bond motifs is 1. The molecule has 1 saturated heterocycles. The Morgan fingerprint density at radius 2 is 2.18 bits per heavy atom. The molecule has 2 aliphatic heterocycles. The fraction of sp³-hybridized carbons (Fsp3) is 0.529. The van der Waals surface area contributed by atoms with Gasteiger partial charge in [-0.2, -0.15) is 0 Å². The molecule has 1 fully saturated rings. The number of likely N-dealkylation sites (tertiary alicyclic amines) is 1. The number of ether oxygens (including phenoxy) is 1. The van der Waals surface area contributed by atoms with Crippen LogP contribution in [0.3, 0.4) is 0 Å². The van der Waals surface area contributed by atoms with E-state index in [1.165, 1.54) is 0 Å². The number of hydrogen-bond donors (Lipinski definition) is 1. The second kappa shape index (κ2) is 5.32. The predicted molar refractivity (Wildman–Crippen MR) is 88.4 cm³/mol. The average molecular weight is 319 g/mol. The molecule has 4 nitrogen and oxygen atoms in total. The highest BCUT2D eigenvalue weighted by atomic mass is 32.1. The number of ketones is 1. The summed E-state index contributed by atoms with van der Waals surface area (Å²) in [6.45, 7) is 6.14. The maximum Gasteiger partial charge on any atom is 0.159 e. The van der Waals surface area contributed by atoms with Crippen molar-refractivity contribution in [2.75, 3.05) is 6.54 Å². The number of thiocarbonyl (C=S) groups is 1. The lowest BCUT2D eigenvalue weighted by molar-refractivity contribution is -0.0799. The van der Waals surface area contributed by atoms with Crippen LogP contribution in [-0.4, -0.2) is 39.0 Å². The number of aliphatic hydroxyl groups is 1. The standard InChI is InChI=1S/C17H21NO3S/c1-10(19)11-6-7-13-12(9-11)15(16(20)17(2,3)21-13)18-8-4-5-14(18)22/h6-7,9,15-16,20H,4-5,8H2,1-3H3/t15-,16+/m0/s1. The first-order valence-electron chi connectivity index (χ1n) is 7.62. The van der Waals surface area contributed by atoms with E-state index in [0.29, 0.717) is 5.56 Å². The van der Waals surface area contributed by atoms with Gasteiger partial charge in [-0.1, -0.05) is 12.2 Å². The van der Waals surface area contributed by atoms with Crippen LogP contribution >= 0.6 is 12.2 Å². The van der Waals surface area contributed by atoms with Crippen LogP contribution in [0, 0.1) is 0 Å². The predicted octanol–water partition coefficient (Wildman–Crippen LogP) is 2.89. The van der Waals surface area contributed by atoms with E-state index in [0.717, 1.165) is 35.7 Å². The summed E-state index contributed by atoms with van der Waals surface area (Å²) < 4.78 is 5.96. The summed E-state index contributed by atoms with van der Waals surface area (Å²) in [6, 6.07) is 5.18. The van der Waals surface area contributed by atoms with Crippen molar-refractivity contribution in [3.05, 3.63) is 29.3 Å². The van der Waals surface area contributed by atoms with E-state index in [-0.39, 0.29) is 11.8 Å². The van der Waals surface area contributed by atoms with Crippen LogP contribution in [0.1, 0.15) is 55.6 Å². The molecule has 0 spiro atoms. The van der Waals surface area contributed by atoms with Gasteiger partial charge in [0.25, 0.3) is 0 Å². The quantitative estimate of drug-likeness (QED) is 0.671. The minimum Gasteiger partial charge on any atom is -0.485 e. The van der Waals surface area contributed by atoms with E-state index in [2.05, 4.69) is 4.90 Å². The van der Waals surface area contributed by atoms with Crippen molar-refractivity contribution in [2.45, 2.75) is 51.4 Å². The highest BCUT2D eigenvalue weighted by Gasteiger charge is 2.46. The van der Waals surface area contributed by atoms with Crippen LogP contribution in [0.25, 0.3) is 0 Å². The van der Waals surface area contributed by atoms with Crippen molar-refractivity contribution < 1.29 is 14.6 Å². The molecule has 2 atom stereocenters. The molecule has 0 radical (unpaired) electrons. The van der Waals surface area contributed by atoms with Gasteiger partial charge in [0, 0.05) is 17.7 Å². The number of rotatable bonds is 2. The molecule has 0 aliphatic carbocycles. The fourth-order valence-electron chi connectivity index (χ4n) is 3.29. The molecule has 0 saturated carbocycles.